The molecule has 0 saturated heterocycles. The standard InChI is InChI=1S/C5H12N2/c6-4-2-1-3-5-7/h1-2H,3-7H2/b2-1-. The van der Waals surface area contributed by atoms with Crippen LogP contribution in [-0.4, -0.2) is 13.1 Å². The molecule has 0 aliphatic carbocycles. The molecule has 2 heteroatoms. The third-order valence-corrected chi connectivity index (χ3v) is 0.636. The van der Waals surface area contributed by atoms with Crippen molar-refractivity contribution in [3.8, 4) is 0 Å². The fraction of sp³-hybridized carbons (Fsp3) is 0.600. The van der Waals surface area contributed by atoms with Gasteiger partial charge in [-0.3, -0.25) is 0 Å². The molecule has 0 aliphatic rings. The largest absolute Gasteiger partial charge is 0.330 e. The van der Waals surface area contributed by atoms with Crippen molar-refractivity contribution in [2.75, 3.05) is 13.1 Å². The number of hydrogen-bond acceptors (Lipinski definition) is 2. The van der Waals surface area contributed by atoms with Crippen LogP contribution in [0.1, 0.15) is 6.42 Å². The van der Waals surface area contributed by atoms with Crippen LogP contribution in [0.25, 0.3) is 0 Å². The molecule has 7 heavy (non-hydrogen) atoms. The summed E-state index contributed by atoms with van der Waals surface area (Å²) in [6.45, 7) is 1.34. The van der Waals surface area contributed by atoms with Gasteiger partial charge in [0.05, 0.1) is 0 Å². The molecule has 0 atom stereocenters. The van der Waals surface area contributed by atoms with Gasteiger partial charge in [-0.25, -0.2) is 0 Å². The Hall–Kier alpha value is -0.340. The zero-order valence-electron chi connectivity index (χ0n) is 4.43. The van der Waals surface area contributed by atoms with Crippen LogP contribution in [0.15, 0.2) is 12.2 Å². The summed E-state index contributed by atoms with van der Waals surface area (Å²) in [5.74, 6) is 0. The van der Waals surface area contributed by atoms with Crippen molar-refractivity contribution >= 4 is 0 Å². The second kappa shape index (κ2) is 5.66. The minimum Gasteiger partial charge on any atom is -0.330 e. The van der Waals surface area contributed by atoms with Gasteiger partial charge in [-0.05, 0) is 13.0 Å². The summed E-state index contributed by atoms with van der Waals surface area (Å²) in [7, 11) is 0. The van der Waals surface area contributed by atoms with Crippen molar-refractivity contribution in [1.29, 1.82) is 0 Å². The maximum atomic E-state index is 5.18. The summed E-state index contributed by atoms with van der Waals surface area (Å²) < 4.78 is 0. The zero-order chi connectivity index (χ0) is 5.54. The Morgan fingerprint density at radius 1 is 1.14 bits per heavy atom. The maximum Gasteiger partial charge on any atom is 0.0106 e. The molecule has 0 aromatic heterocycles. The summed E-state index contributed by atoms with van der Waals surface area (Å²) in [6.07, 6.45) is 4.84. The fourth-order valence-corrected chi connectivity index (χ4v) is 0.310. The molecule has 0 spiro atoms. The molecular weight excluding hydrogens is 88.1 g/mol. The van der Waals surface area contributed by atoms with Crippen LogP contribution in [0.3, 0.4) is 0 Å². The third-order valence-electron chi connectivity index (χ3n) is 0.636. The summed E-state index contributed by atoms with van der Waals surface area (Å²) in [4.78, 5) is 0. The van der Waals surface area contributed by atoms with E-state index in [0.717, 1.165) is 13.0 Å². The molecule has 0 amide bonds. The van der Waals surface area contributed by atoms with Gasteiger partial charge < -0.3 is 11.5 Å². The fourth-order valence-electron chi connectivity index (χ4n) is 0.310. The molecule has 4 N–H and O–H groups in total. The molecule has 2 nitrogen and oxygen atoms in total. The Labute approximate surface area is 44.2 Å². The van der Waals surface area contributed by atoms with Crippen LogP contribution in [0.5, 0.6) is 0 Å². The number of rotatable bonds is 3. The van der Waals surface area contributed by atoms with E-state index in [1.807, 2.05) is 12.2 Å². The monoisotopic (exact) mass is 100 g/mol. The van der Waals surface area contributed by atoms with Crippen molar-refractivity contribution in [2.45, 2.75) is 6.42 Å². The van der Waals surface area contributed by atoms with Gasteiger partial charge in [0, 0.05) is 6.54 Å². The molecule has 0 heterocycles. The van der Waals surface area contributed by atoms with Gasteiger partial charge in [-0.2, -0.15) is 0 Å². The van der Waals surface area contributed by atoms with E-state index in [4.69, 9.17) is 11.5 Å². The van der Waals surface area contributed by atoms with E-state index >= 15 is 0 Å². The maximum absolute atomic E-state index is 5.18. The Bertz CT molecular complexity index is 50.0. The second-order valence-corrected chi connectivity index (χ2v) is 1.28. The molecule has 0 fully saturated rings. The van der Waals surface area contributed by atoms with E-state index in [-0.39, 0.29) is 0 Å². The Morgan fingerprint density at radius 2 is 1.86 bits per heavy atom. The van der Waals surface area contributed by atoms with Crippen LogP contribution in [0.2, 0.25) is 0 Å². The average molecular weight is 100 g/mol. The van der Waals surface area contributed by atoms with E-state index in [1.165, 1.54) is 0 Å². The first-order valence-electron chi connectivity index (χ1n) is 2.47. The van der Waals surface area contributed by atoms with Crippen LogP contribution in [0, 0.1) is 0 Å². The van der Waals surface area contributed by atoms with Gasteiger partial charge in [0.1, 0.15) is 0 Å². The predicted octanol–water partition coefficient (Wildman–Crippen LogP) is -0.150. The molecule has 0 bridgehead atoms. The Balaban J connectivity index is 2.78. The van der Waals surface area contributed by atoms with E-state index in [0.29, 0.717) is 6.54 Å². The van der Waals surface area contributed by atoms with Gasteiger partial charge in [0.25, 0.3) is 0 Å². The minimum absolute atomic E-state index is 0.625. The van der Waals surface area contributed by atoms with E-state index in [9.17, 15) is 0 Å². The Morgan fingerprint density at radius 3 is 2.29 bits per heavy atom. The van der Waals surface area contributed by atoms with Crippen molar-refractivity contribution in [2.24, 2.45) is 11.5 Å². The van der Waals surface area contributed by atoms with Crippen molar-refractivity contribution < 1.29 is 0 Å². The highest BCUT2D eigenvalue weighted by atomic mass is 14.5. The smallest absolute Gasteiger partial charge is 0.0106 e. The molecule has 0 radical (unpaired) electrons. The van der Waals surface area contributed by atoms with Gasteiger partial charge in [0.15, 0.2) is 0 Å². The molecule has 0 unspecified atom stereocenters. The second-order valence-electron chi connectivity index (χ2n) is 1.28. The third kappa shape index (κ3) is 5.66. The zero-order valence-corrected chi connectivity index (χ0v) is 4.43. The first-order chi connectivity index (χ1) is 3.41. The van der Waals surface area contributed by atoms with Gasteiger partial charge in [-0.1, -0.05) is 12.2 Å². The molecular formula is C5H12N2. The molecule has 0 saturated carbocycles. The SMILES string of the molecule is NC/C=C\CCN. The number of hydrogen-bond donors (Lipinski definition) is 2. The lowest BCUT2D eigenvalue weighted by molar-refractivity contribution is 1.00. The van der Waals surface area contributed by atoms with Crippen LogP contribution in [0.4, 0.5) is 0 Å². The molecule has 0 aromatic carbocycles. The van der Waals surface area contributed by atoms with E-state index in [1.54, 1.807) is 0 Å². The molecule has 0 rings (SSSR count). The van der Waals surface area contributed by atoms with Crippen LogP contribution >= 0.6 is 0 Å². The molecule has 42 valence electrons. The number of nitrogens with two attached hydrogens (primary N) is 2. The van der Waals surface area contributed by atoms with Crippen molar-refractivity contribution in [3.05, 3.63) is 12.2 Å². The van der Waals surface area contributed by atoms with Crippen LogP contribution < -0.4 is 11.5 Å². The van der Waals surface area contributed by atoms with Gasteiger partial charge >= 0.3 is 0 Å². The average Bonchev–Trinajstić information content (AvgIpc) is 1.69. The minimum atomic E-state index is 0.625. The summed E-state index contributed by atoms with van der Waals surface area (Å²) in [5.41, 5.74) is 10.3. The first-order valence-corrected chi connectivity index (χ1v) is 2.47. The summed E-state index contributed by atoms with van der Waals surface area (Å²) in [5, 5.41) is 0. The lowest BCUT2D eigenvalue weighted by Gasteiger charge is -1.80. The lowest BCUT2D eigenvalue weighted by Crippen LogP contribution is -1.97. The lowest BCUT2D eigenvalue weighted by atomic mass is 10.4. The van der Waals surface area contributed by atoms with Crippen molar-refractivity contribution in [3.63, 3.8) is 0 Å². The first kappa shape index (κ1) is 6.66. The highest BCUT2D eigenvalue weighted by Gasteiger charge is 1.67. The van der Waals surface area contributed by atoms with Crippen molar-refractivity contribution in [1.82, 2.24) is 0 Å². The Kier molecular flexibility index (Phi) is 5.39. The van der Waals surface area contributed by atoms with Crippen LogP contribution in [-0.2, 0) is 0 Å². The quantitative estimate of drug-likeness (QED) is 0.484. The normalized spacial score (nSPS) is 10.6. The predicted molar refractivity (Wildman–Crippen MR) is 31.9 cm³/mol. The topological polar surface area (TPSA) is 52.0 Å². The highest BCUT2D eigenvalue weighted by Crippen LogP contribution is 1.74. The summed E-state index contributed by atoms with van der Waals surface area (Å²) in [6, 6.07) is 0. The van der Waals surface area contributed by atoms with E-state index < -0.39 is 0 Å². The highest BCUT2D eigenvalue weighted by molar-refractivity contribution is 4.81. The molecule has 0 aromatic rings. The molecule has 0 aliphatic heterocycles. The van der Waals surface area contributed by atoms with Gasteiger partial charge in [-0.15, -0.1) is 0 Å². The van der Waals surface area contributed by atoms with E-state index in [2.05, 4.69) is 0 Å². The summed E-state index contributed by atoms with van der Waals surface area (Å²) >= 11 is 0. The van der Waals surface area contributed by atoms with Gasteiger partial charge in [0.2, 0.25) is 0 Å².